The minimum absolute atomic E-state index is 0.115. The summed E-state index contributed by atoms with van der Waals surface area (Å²) in [4.78, 5) is 11.7. The van der Waals surface area contributed by atoms with Crippen molar-refractivity contribution in [2.45, 2.75) is 12.8 Å². The minimum Gasteiger partial charge on any atom is -0.484 e. The van der Waals surface area contributed by atoms with Crippen LogP contribution in [0.3, 0.4) is 0 Å². The van der Waals surface area contributed by atoms with E-state index in [1.165, 1.54) is 5.56 Å². The van der Waals surface area contributed by atoms with Crippen molar-refractivity contribution in [3.63, 3.8) is 0 Å². The maximum Gasteiger partial charge on any atom is 0.277 e. The third-order valence-corrected chi connectivity index (χ3v) is 3.40. The Labute approximate surface area is 140 Å². The van der Waals surface area contributed by atoms with Gasteiger partial charge in [-0.1, -0.05) is 30.3 Å². The predicted octanol–water partition coefficient (Wildman–Crippen LogP) is 2.53. The SMILES string of the molecule is O=C(COc1ccc2c(c1)OCO2)N/N=C\CCc1ccccc1. The topological polar surface area (TPSA) is 69.2 Å². The van der Waals surface area contributed by atoms with Gasteiger partial charge in [0.15, 0.2) is 18.1 Å². The van der Waals surface area contributed by atoms with E-state index >= 15 is 0 Å². The van der Waals surface area contributed by atoms with Crippen molar-refractivity contribution >= 4 is 12.1 Å². The zero-order valence-electron chi connectivity index (χ0n) is 13.1. The summed E-state index contributed by atoms with van der Waals surface area (Å²) in [6, 6.07) is 15.3. The van der Waals surface area contributed by atoms with Gasteiger partial charge in [0.2, 0.25) is 6.79 Å². The number of benzene rings is 2. The van der Waals surface area contributed by atoms with Gasteiger partial charge < -0.3 is 14.2 Å². The Bertz CT molecular complexity index is 716. The highest BCUT2D eigenvalue weighted by atomic mass is 16.7. The van der Waals surface area contributed by atoms with Gasteiger partial charge >= 0.3 is 0 Å². The van der Waals surface area contributed by atoms with Crippen molar-refractivity contribution in [2.75, 3.05) is 13.4 Å². The zero-order valence-corrected chi connectivity index (χ0v) is 13.1. The summed E-state index contributed by atoms with van der Waals surface area (Å²) < 4.78 is 15.9. The van der Waals surface area contributed by atoms with Crippen LogP contribution in [0.25, 0.3) is 0 Å². The van der Waals surface area contributed by atoms with Crippen LogP contribution in [0.4, 0.5) is 0 Å². The summed E-state index contributed by atoms with van der Waals surface area (Å²) >= 11 is 0. The summed E-state index contributed by atoms with van der Waals surface area (Å²) in [5, 5.41) is 3.91. The lowest BCUT2D eigenvalue weighted by atomic mass is 10.1. The molecule has 1 aliphatic rings. The van der Waals surface area contributed by atoms with Crippen LogP contribution in [0.1, 0.15) is 12.0 Å². The van der Waals surface area contributed by atoms with Crippen molar-refractivity contribution in [2.24, 2.45) is 5.10 Å². The number of rotatable bonds is 7. The molecule has 124 valence electrons. The number of hydrazone groups is 1. The fourth-order valence-corrected chi connectivity index (χ4v) is 2.21. The summed E-state index contributed by atoms with van der Waals surface area (Å²) in [7, 11) is 0. The van der Waals surface area contributed by atoms with Gasteiger partial charge in [0.25, 0.3) is 5.91 Å². The van der Waals surface area contributed by atoms with E-state index < -0.39 is 0 Å². The van der Waals surface area contributed by atoms with E-state index in [-0.39, 0.29) is 19.3 Å². The van der Waals surface area contributed by atoms with Crippen molar-refractivity contribution in [1.29, 1.82) is 0 Å². The molecule has 0 aromatic heterocycles. The average molecular weight is 326 g/mol. The van der Waals surface area contributed by atoms with Crippen molar-refractivity contribution in [1.82, 2.24) is 5.43 Å². The quantitative estimate of drug-likeness (QED) is 0.627. The summed E-state index contributed by atoms with van der Waals surface area (Å²) in [6.45, 7) is 0.0899. The van der Waals surface area contributed by atoms with E-state index in [0.29, 0.717) is 17.2 Å². The van der Waals surface area contributed by atoms with Gasteiger partial charge in [0.05, 0.1) is 0 Å². The Morgan fingerprint density at radius 1 is 1.17 bits per heavy atom. The molecule has 0 spiro atoms. The van der Waals surface area contributed by atoms with Gasteiger partial charge in [-0.3, -0.25) is 4.79 Å². The van der Waals surface area contributed by atoms with Gasteiger partial charge in [-0.05, 0) is 30.5 Å². The standard InChI is InChI=1S/C18H18N2O4/c21-18(20-19-10-4-7-14-5-2-1-3-6-14)12-22-15-8-9-16-17(11-15)24-13-23-16/h1-3,5-6,8-11H,4,7,12-13H2,(H,20,21)/b19-10-. The van der Waals surface area contributed by atoms with Crippen LogP contribution in [0.5, 0.6) is 17.2 Å². The number of fused-ring (bicyclic) bond motifs is 1. The molecule has 0 saturated carbocycles. The third kappa shape index (κ3) is 4.49. The van der Waals surface area contributed by atoms with E-state index in [1.54, 1.807) is 24.4 Å². The van der Waals surface area contributed by atoms with Crippen molar-refractivity contribution < 1.29 is 19.0 Å². The van der Waals surface area contributed by atoms with Crippen molar-refractivity contribution in [3.8, 4) is 17.2 Å². The molecule has 1 N–H and O–H groups in total. The lowest BCUT2D eigenvalue weighted by Gasteiger charge is -2.05. The summed E-state index contributed by atoms with van der Waals surface area (Å²) in [5.41, 5.74) is 3.68. The first-order valence-corrected chi connectivity index (χ1v) is 7.68. The van der Waals surface area contributed by atoms with Crippen LogP contribution in [-0.4, -0.2) is 25.5 Å². The molecule has 0 saturated heterocycles. The van der Waals surface area contributed by atoms with E-state index in [4.69, 9.17) is 14.2 Å². The molecule has 0 unspecified atom stereocenters. The zero-order chi connectivity index (χ0) is 16.6. The molecular formula is C18H18N2O4. The van der Waals surface area contributed by atoms with Crippen LogP contribution >= 0.6 is 0 Å². The highest BCUT2D eigenvalue weighted by molar-refractivity contribution is 5.78. The Morgan fingerprint density at radius 3 is 2.88 bits per heavy atom. The number of amides is 1. The van der Waals surface area contributed by atoms with Crippen LogP contribution in [0.15, 0.2) is 53.6 Å². The fourth-order valence-electron chi connectivity index (χ4n) is 2.21. The van der Waals surface area contributed by atoms with E-state index in [9.17, 15) is 4.79 Å². The first-order valence-electron chi connectivity index (χ1n) is 7.68. The van der Waals surface area contributed by atoms with Crippen molar-refractivity contribution in [3.05, 3.63) is 54.1 Å². The smallest absolute Gasteiger partial charge is 0.277 e. The molecule has 0 radical (unpaired) electrons. The summed E-state index contributed by atoms with van der Waals surface area (Å²) in [6.07, 6.45) is 3.33. The molecule has 1 amide bonds. The van der Waals surface area contributed by atoms with E-state index in [0.717, 1.165) is 12.8 Å². The minimum atomic E-state index is -0.316. The number of nitrogens with one attached hydrogen (secondary N) is 1. The second-order valence-corrected chi connectivity index (χ2v) is 5.17. The molecule has 3 rings (SSSR count). The second-order valence-electron chi connectivity index (χ2n) is 5.17. The Balaban J connectivity index is 1.36. The molecule has 0 aliphatic carbocycles. The molecule has 1 heterocycles. The lowest BCUT2D eigenvalue weighted by Crippen LogP contribution is -2.24. The first kappa shape index (κ1) is 15.9. The summed E-state index contributed by atoms with van der Waals surface area (Å²) in [5.74, 6) is 1.52. The molecule has 24 heavy (non-hydrogen) atoms. The number of carbonyl (C=O) groups excluding carboxylic acids is 1. The van der Waals surface area contributed by atoms with Crippen LogP contribution in [0, 0.1) is 0 Å². The molecule has 6 nitrogen and oxygen atoms in total. The Hall–Kier alpha value is -3.02. The maximum absolute atomic E-state index is 11.7. The van der Waals surface area contributed by atoms with Gasteiger partial charge in [-0.25, -0.2) is 5.43 Å². The Kier molecular flexibility index (Phi) is 5.29. The average Bonchev–Trinajstić information content (AvgIpc) is 3.08. The Morgan fingerprint density at radius 2 is 2.00 bits per heavy atom. The maximum atomic E-state index is 11.7. The molecule has 2 aromatic carbocycles. The fraction of sp³-hybridized carbons (Fsp3) is 0.222. The highest BCUT2D eigenvalue weighted by Crippen LogP contribution is 2.34. The van der Waals surface area contributed by atoms with E-state index in [2.05, 4.69) is 22.7 Å². The molecule has 0 bridgehead atoms. The molecular weight excluding hydrogens is 308 g/mol. The number of hydrogen-bond donors (Lipinski definition) is 1. The normalized spacial score (nSPS) is 12.3. The number of carbonyl (C=O) groups is 1. The second kappa shape index (κ2) is 8.01. The number of ether oxygens (including phenoxy) is 3. The van der Waals surface area contributed by atoms with Gasteiger partial charge in [-0.15, -0.1) is 0 Å². The highest BCUT2D eigenvalue weighted by Gasteiger charge is 2.14. The largest absolute Gasteiger partial charge is 0.484 e. The predicted molar refractivity (Wildman–Crippen MR) is 89.5 cm³/mol. The van der Waals surface area contributed by atoms with Crippen LogP contribution < -0.4 is 19.6 Å². The number of nitrogens with zero attached hydrogens (tertiary/aromatic N) is 1. The lowest BCUT2D eigenvalue weighted by molar-refractivity contribution is -0.123. The third-order valence-electron chi connectivity index (χ3n) is 3.40. The first-order chi connectivity index (χ1) is 11.8. The van der Waals surface area contributed by atoms with Crippen LogP contribution in [0.2, 0.25) is 0 Å². The van der Waals surface area contributed by atoms with Gasteiger partial charge in [0, 0.05) is 12.3 Å². The van der Waals surface area contributed by atoms with Gasteiger partial charge in [-0.2, -0.15) is 5.10 Å². The van der Waals surface area contributed by atoms with Gasteiger partial charge in [0.1, 0.15) is 5.75 Å². The monoisotopic (exact) mass is 326 g/mol. The van der Waals surface area contributed by atoms with Crippen LogP contribution in [-0.2, 0) is 11.2 Å². The molecule has 2 aromatic rings. The molecule has 0 atom stereocenters. The number of aryl methyl sites for hydroxylation is 1. The number of hydrogen-bond acceptors (Lipinski definition) is 5. The molecule has 1 aliphatic heterocycles. The molecule has 6 heteroatoms. The van der Waals surface area contributed by atoms with E-state index in [1.807, 2.05) is 18.2 Å². The molecule has 0 fully saturated rings.